The molecule has 0 unspecified atom stereocenters. The average Bonchev–Trinajstić information content (AvgIpc) is 3.01. The third-order valence-electron chi connectivity index (χ3n) is 3.83. The molecule has 20 heavy (non-hydrogen) atoms. The van der Waals surface area contributed by atoms with E-state index in [9.17, 15) is 4.79 Å². The van der Waals surface area contributed by atoms with Crippen LogP contribution in [-0.4, -0.2) is 34.9 Å². The molecule has 1 aromatic heterocycles. The zero-order valence-corrected chi connectivity index (χ0v) is 12.3. The van der Waals surface area contributed by atoms with Crippen LogP contribution in [0.25, 0.3) is 0 Å². The van der Waals surface area contributed by atoms with Crippen molar-refractivity contribution in [3.63, 3.8) is 0 Å². The Balaban J connectivity index is 1.55. The van der Waals surface area contributed by atoms with Gasteiger partial charge in [-0.15, -0.1) is 0 Å². The van der Waals surface area contributed by atoms with E-state index in [0.717, 1.165) is 13.0 Å². The van der Waals surface area contributed by atoms with Crippen LogP contribution in [0.5, 0.6) is 0 Å². The van der Waals surface area contributed by atoms with Gasteiger partial charge in [0.15, 0.2) is 0 Å². The Hall–Kier alpha value is -1.36. The number of carbonyl (C=O) groups is 1. The summed E-state index contributed by atoms with van der Waals surface area (Å²) in [6.07, 6.45) is 11.1. The Morgan fingerprint density at radius 3 is 2.95 bits per heavy atom. The Labute approximate surface area is 120 Å². The Morgan fingerprint density at radius 1 is 1.45 bits per heavy atom. The van der Waals surface area contributed by atoms with Crippen LogP contribution >= 0.6 is 0 Å². The quantitative estimate of drug-likeness (QED) is 0.779. The van der Waals surface area contributed by atoms with E-state index in [1.54, 1.807) is 17.1 Å². The van der Waals surface area contributed by atoms with Crippen LogP contribution < -0.4 is 5.32 Å². The summed E-state index contributed by atoms with van der Waals surface area (Å²) in [4.78, 5) is 11.9. The normalized spacial score (nSPS) is 17.9. The van der Waals surface area contributed by atoms with Gasteiger partial charge in [0.05, 0.1) is 6.10 Å². The van der Waals surface area contributed by atoms with Crippen LogP contribution in [0.3, 0.4) is 0 Å². The van der Waals surface area contributed by atoms with Crippen LogP contribution in [0.2, 0.25) is 0 Å². The standard InChI is InChI=1S/C15H25N3O2/c1-13(18-11-5-10-17-18)15(19)16-9-6-12-20-14-7-3-2-4-8-14/h5,10-11,13-14H,2-4,6-9,12H2,1H3,(H,16,19)/t13-/m1/s1. The van der Waals surface area contributed by atoms with Crippen LogP contribution in [0.1, 0.15) is 51.5 Å². The molecule has 0 aliphatic heterocycles. The van der Waals surface area contributed by atoms with Crippen molar-refractivity contribution < 1.29 is 9.53 Å². The van der Waals surface area contributed by atoms with E-state index in [2.05, 4.69) is 10.4 Å². The summed E-state index contributed by atoms with van der Waals surface area (Å²) in [6, 6.07) is 1.56. The zero-order chi connectivity index (χ0) is 14.2. The molecule has 0 bridgehead atoms. The molecule has 1 aliphatic carbocycles. The minimum atomic E-state index is -0.260. The molecule has 1 heterocycles. The molecular formula is C15H25N3O2. The summed E-state index contributed by atoms with van der Waals surface area (Å²) in [5.41, 5.74) is 0. The van der Waals surface area contributed by atoms with Crippen molar-refractivity contribution >= 4 is 5.91 Å². The van der Waals surface area contributed by atoms with Crippen molar-refractivity contribution in [1.29, 1.82) is 0 Å². The second kappa shape index (κ2) is 8.04. The minimum Gasteiger partial charge on any atom is -0.378 e. The first-order chi connectivity index (χ1) is 9.77. The van der Waals surface area contributed by atoms with Gasteiger partial charge in [-0.05, 0) is 32.3 Å². The molecule has 0 spiro atoms. The van der Waals surface area contributed by atoms with Gasteiger partial charge in [0.25, 0.3) is 0 Å². The Morgan fingerprint density at radius 2 is 2.25 bits per heavy atom. The highest BCUT2D eigenvalue weighted by atomic mass is 16.5. The predicted molar refractivity (Wildman–Crippen MR) is 77.4 cm³/mol. The van der Waals surface area contributed by atoms with E-state index in [4.69, 9.17) is 4.74 Å². The maximum Gasteiger partial charge on any atom is 0.244 e. The third kappa shape index (κ3) is 4.63. The van der Waals surface area contributed by atoms with E-state index in [1.165, 1.54) is 32.1 Å². The van der Waals surface area contributed by atoms with Crippen molar-refractivity contribution in [3.05, 3.63) is 18.5 Å². The minimum absolute atomic E-state index is 0.00589. The number of hydrogen-bond donors (Lipinski definition) is 1. The van der Waals surface area contributed by atoms with Gasteiger partial charge in [0, 0.05) is 25.5 Å². The number of hydrogen-bond acceptors (Lipinski definition) is 3. The summed E-state index contributed by atoms with van der Waals surface area (Å²) in [7, 11) is 0. The number of nitrogens with zero attached hydrogens (tertiary/aromatic N) is 2. The summed E-state index contributed by atoms with van der Waals surface area (Å²) in [5.74, 6) is 0.00589. The predicted octanol–water partition coefficient (Wildman–Crippen LogP) is 2.30. The molecule has 2 rings (SSSR count). The summed E-state index contributed by atoms with van der Waals surface area (Å²) >= 11 is 0. The van der Waals surface area contributed by atoms with Gasteiger partial charge in [-0.2, -0.15) is 5.10 Å². The Bertz CT molecular complexity index is 386. The number of aromatic nitrogens is 2. The van der Waals surface area contributed by atoms with E-state index in [0.29, 0.717) is 12.6 Å². The van der Waals surface area contributed by atoms with Crippen LogP contribution in [-0.2, 0) is 9.53 Å². The van der Waals surface area contributed by atoms with Crippen molar-refractivity contribution in [2.24, 2.45) is 0 Å². The number of ether oxygens (including phenoxy) is 1. The maximum atomic E-state index is 11.9. The molecule has 0 saturated heterocycles. The zero-order valence-electron chi connectivity index (χ0n) is 12.3. The van der Waals surface area contributed by atoms with Crippen molar-refractivity contribution in [2.45, 2.75) is 57.6 Å². The number of carbonyl (C=O) groups excluding carboxylic acids is 1. The molecule has 1 saturated carbocycles. The smallest absolute Gasteiger partial charge is 0.244 e. The van der Waals surface area contributed by atoms with E-state index in [-0.39, 0.29) is 11.9 Å². The Kier molecular flexibility index (Phi) is 6.05. The molecule has 5 nitrogen and oxygen atoms in total. The van der Waals surface area contributed by atoms with Gasteiger partial charge < -0.3 is 10.1 Å². The van der Waals surface area contributed by atoms with Gasteiger partial charge in [-0.25, -0.2) is 0 Å². The fourth-order valence-electron chi connectivity index (χ4n) is 2.54. The summed E-state index contributed by atoms with van der Waals surface area (Å²) in [5, 5.41) is 7.00. The molecule has 1 N–H and O–H groups in total. The highest BCUT2D eigenvalue weighted by Gasteiger charge is 2.15. The molecule has 1 aromatic rings. The lowest BCUT2D eigenvalue weighted by atomic mass is 9.98. The fourth-order valence-corrected chi connectivity index (χ4v) is 2.54. The third-order valence-corrected chi connectivity index (χ3v) is 3.83. The van der Waals surface area contributed by atoms with Crippen molar-refractivity contribution in [1.82, 2.24) is 15.1 Å². The molecule has 0 radical (unpaired) electrons. The van der Waals surface area contributed by atoms with E-state index in [1.807, 2.05) is 13.0 Å². The molecule has 1 aliphatic rings. The van der Waals surface area contributed by atoms with Crippen LogP contribution in [0.4, 0.5) is 0 Å². The largest absolute Gasteiger partial charge is 0.378 e. The first kappa shape index (κ1) is 15.0. The lowest BCUT2D eigenvalue weighted by Gasteiger charge is -2.22. The maximum absolute atomic E-state index is 11.9. The van der Waals surface area contributed by atoms with Gasteiger partial charge in [-0.1, -0.05) is 19.3 Å². The molecule has 1 fully saturated rings. The van der Waals surface area contributed by atoms with E-state index >= 15 is 0 Å². The summed E-state index contributed by atoms with van der Waals surface area (Å²) < 4.78 is 7.49. The van der Waals surface area contributed by atoms with E-state index < -0.39 is 0 Å². The lowest BCUT2D eigenvalue weighted by Crippen LogP contribution is -2.32. The lowest BCUT2D eigenvalue weighted by molar-refractivity contribution is -0.124. The monoisotopic (exact) mass is 279 g/mol. The van der Waals surface area contributed by atoms with Crippen molar-refractivity contribution in [3.8, 4) is 0 Å². The molecule has 0 aromatic carbocycles. The fraction of sp³-hybridized carbons (Fsp3) is 0.733. The topological polar surface area (TPSA) is 56.1 Å². The second-order valence-corrected chi connectivity index (χ2v) is 5.44. The van der Waals surface area contributed by atoms with Crippen molar-refractivity contribution in [2.75, 3.05) is 13.2 Å². The average molecular weight is 279 g/mol. The second-order valence-electron chi connectivity index (χ2n) is 5.44. The number of rotatable bonds is 7. The van der Waals surface area contributed by atoms with Crippen LogP contribution in [0.15, 0.2) is 18.5 Å². The highest BCUT2D eigenvalue weighted by molar-refractivity contribution is 5.79. The molecule has 112 valence electrons. The van der Waals surface area contributed by atoms with Gasteiger partial charge in [0.1, 0.15) is 6.04 Å². The molecule has 5 heteroatoms. The highest BCUT2D eigenvalue weighted by Crippen LogP contribution is 2.20. The first-order valence-corrected chi connectivity index (χ1v) is 7.66. The van der Waals surface area contributed by atoms with Gasteiger partial charge in [-0.3, -0.25) is 9.48 Å². The molecule has 1 amide bonds. The molecule has 1 atom stereocenters. The number of amides is 1. The number of nitrogens with one attached hydrogen (secondary N) is 1. The van der Waals surface area contributed by atoms with Gasteiger partial charge in [0.2, 0.25) is 5.91 Å². The summed E-state index contributed by atoms with van der Waals surface area (Å²) in [6.45, 7) is 3.25. The SMILES string of the molecule is C[C@H](C(=O)NCCCOC1CCCCC1)n1cccn1. The van der Waals surface area contributed by atoms with Crippen LogP contribution in [0, 0.1) is 0 Å². The molecular weight excluding hydrogens is 254 g/mol. The van der Waals surface area contributed by atoms with Gasteiger partial charge >= 0.3 is 0 Å². The first-order valence-electron chi connectivity index (χ1n) is 7.66.